The molecule has 1 nitrogen and oxygen atoms in total. The number of hydrogen-bond acceptors (Lipinski definition) is 1. The summed E-state index contributed by atoms with van der Waals surface area (Å²) >= 11 is 0. The van der Waals surface area contributed by atoms with Gasteiger partial charge in [-0.05, 0) is 26.7 Å². The van der Waals surface area contributed by atoms with Crippen molar-refractivity contribution in [2.75, 3.05) is 0 Å². The Morgan fingerprint density at radius 3 is 2.64 bits per heavy atom. The predicted octanol–water partition coefficient (Wildman–Crippen LogP) is 2.69. The van der Waals surface area contributed by atoms with Crippen LogP contribution < -0.4 is 0 Å². The molecule has 0 aromatic rings. The first kappa shape index (κ1) is 8.54. The molecule has 11 heavy (non-hydrogen) atoms. The summed E-state index contributed by atoms with van der Waals surface area (Å²) in [7, 11) is 0. The lowest BCUT2D eigenvalue weighted by atomic mass is 10.0. The summed E-state index contributed by atoms with van der Waals surface area (Å²) in [5.41, 5.74) is 1.01. The molecule has 0 aromatic heterocycles. The van der Waals surface area contributed by atoms with E-state index in [4.69, 9.17) is 4.74 Å². The van der Waals surface area contributed by atoms with Crippen LogP contribution in [0.4, 0.5) is 0 Å². The van der Waals surface area contributed by atoms with Gasteiger partial charge in [-0.25, -0.2) is 0 Å². The molecular formula is C10H16O. The number of ether oxygens (including phenoxy) is 1. The fourth-order valence-corrected chi connectivity index (χ4v) is 1.36. The summed E-state index contributed by atoms with van der Waals surface area (Å²) in [6, 6.07) is 0. The summed E-state index contributed by atoms with van der Waals surface area (Å²) in [5.74, 6) is 0. The Balaban J connectivity index is 2.59. The first-order valence-electron chi connectivity index (χ1n) is 4.04. The third-order valence-electron chi connectivity index (χ3n) is 2.30. The highest BCUT2D eigenvalue weighted by Gasteiger charge is 2.33. The third-order valence-corrected chi connectivity index (χ3v) is 2.30. The maximum atomic E-state index is 5.74. The fourth-order valence-electron chi connectivity index (χ4n) is 1.36. The third kappa shape index (κ3) is 1.72. The van der Waals surface area contributed by atoms with Gasteiger partial charge in [-0.15, -0.1) is 6.58 Å². The zero-order valence-corrected chi connectivity index (χ0v) is 7.39. The van der Waals surface area contributed by atoms with Gasteiger partial charge in [0.1, 0.15) is 0 Å². The van der Waals surface area contributed by atoms with Gasteiger partial charge < -0.3 is 4.74 Å². The summed E-state index contributed by atoms with van der Waals surface area (Å²) in [4.78, 5) is 0. The topological polar surface area (TPSA) is 9.23 Å². The van der Waals surface area contributed by atoms with Crippen LogP contribution >= 0.6 is 0 Å². The van der Waals surface area contributed by atoms with E-state index in [9.17, 15) is 0 Å². The largest absolute Gasteiger partial charge is 0.364 e. The Bertz CT molecular complexity index is 183. The molecule has 1 aliphatic heterocycles. The standard InChI is InChI=1S/C10H16O/c1-5-10(4)7-6-9(11-10)8(2)3/h5,9H,1-2,6-7H2,3-4H3/t9-,10-/m0/s1. The molecule has 1 heterocycles. The average Bonchev–Trinajstić information content (AvgIpc) is 2.33. The molecule has 1 aliphatic rings. The summed E-state index contributed by atoms with van der Waals surface area (Å²) in [6.45, 7) is 11.7. The molecule has 1 fully saturated rings. The molecule has 62 valence electrons. The van der Waals surface area contributed by atoms with E-state index in [1.54, 1.807) is 0 Å². The highest BCUT2D eigenvalue weighted by atomic mass is 16.5. The van der Waals surface area contributed by atoms with Gasteiger partial charge in [-0.2, -0.15) is 0 Å². The van der Waals surface area contributed by atoms with E-state index in [-0.39, 0.29) is 11.7 Å². The van der Waals surface area contributed by atoms with E-state index in [1.165, 1.54) is 0 Å². The molecule has 0 aliphatic carbocycles. The van der Waals surface area contributed by atoms with Crippen LogP contribution in [-0.4, -0.2) is 11.7 Å². The van der Waals surface area contributed by atoms with Crippen molar-refractivity contribution >= 4 is 0 Å². The second-order valence-electron chi connectivity index (χ2n) is 3.51. The molecule has 0 amide bonds. The predicted molar refractivity (Wildman–Crippen MR) is 47.5 cm³/mol. The SMILES string of the molecule is C=C[C@@]1(C)CC[C@@H](C(=C)C)O1. The monoisotopic (exact) mass is 152 g/mol. The molecule has 2 atom stereocenters. The van der Waals surface area contributed by atoms with E-state index in [0.29, 0.717) is 0 Å². The molecule has 0 spiro atoms. The van der Waals surface area contributed by atoms with Crippen LogP contribution in [0.25, 0.3) is 0 Å². The highest BCUT2D eigenvalue weighted by molar-refractivity contribution is 5.07. The Kier molecular flexibility index (Phi) is 2.19. The summed E-state index contributed by atoms with van der Waals surface area (Å²) in [5, 5.41) is 0. The lowest BCUT2D eigenvalue weighted by Crippen LogP contribution is -2.21. The maximum absolute atomic E-state index is 5.74. The van der Waals surface area contributed by atoms with Crippen LogP contribution in [0, 0.1) is 0 Å². The molecule has 0 radical (unpaired) electrons. The van der Waals surface area contributed by atoms with Crippen molar-refractivity contribution in [2.24, 2.45) is 0 Å². The van der Waals surface area contributed by atoms with Crippen LogP contribution in [0.3, 0.4) is 0 Å². The Hall–Kier alpha value is -0.560. The molecule has 0 N–H and O–H groups in total. The lowest BCUT2D eigenvalue weighted by Gasteiger charge is -2.20. The minimum Gasteiger partial charge on any atom is -0.364 e. The van der Waals surface area contributed by atoms with Crippen molar-refractivity contribution < 1.29 is 4.74 Å². The van der Waals surface area contributed by atoms with Crippen LogP contribution in [0.2, 0.25) is 0 Å². The van der Waals surface area contributed by atoms with Crippen LogP contribution in [0.1, 0.15) is 26.7 Å². The van der Waals surface area contributed by atoms with Gasteiger partial charge >= 0.3 is 0 Å². The van der Waals surface area contributed by atoms with Gasteiger partial charge in [0.25, 0.3) is 0 Å². The van der Waals surface area contributed by atoms with E-state index in [1.807, 2.05) is 13.0 Å². The Morgan fingerprint density at radius 2 is 2.36 bits per heavy atom. The molecule has 0 aromatic carbocycles. The van der Waals surface area contributed by atoms with Crippen molar-refractivity contribution in [1.29, 1.82) is 0 Å². The molecule has 0 saturated carbocycles. The molecule has 1 rings (SSSR count). The van der Waals surface area contributed by atoms with E-state index >= 15 is 0 Å². The second kappa shape index (κ2) is 2.82. The van der Waals surface area contributed by atoms with Gasteiger partial charge in [0.15, 0.2) is 0 Å². The molecule has 0 unspecified atom stereocenters. The first-order valence-corrected chi connectivity index (χ1v) is 4.04. The average molecular weight is 152 g/mol. The molecular weight excluding hydrogens is 136 g/mol. The fraction of sp³-hybridized carbons (Fsp3) is 0.600. The molecule has 1 heteroatoms. The number of rotatable bonds is 2. The van der Waals surface area contributed by atoms with Crippen molar-refractivity contribution in [3.8, 4) is 0 Å². The van der Waals surface area contributed by atoms with E-state index < -0.39 is 0 Å². The normalized spacial score (nSPS) is 37.1. The van der Waals surface area contributed by atoms with Gasteiger partial charge in [0.2, 0.25) is 0 Å². The van der Waals surface area contributed by atoms with Crippen LogP contribution in [0.5, 0.6) is 0 Å². The van der Waals surface area contributed by atoms with Crippen LogP contribution in [0.15, 0.2) is 24.8 Å². The quantitative estimate of drug-likeness (QED) is 0.553. The summed E-state index contributed by atoms with van der Waals surface area (Å²) in [6.07, 6.45) is 4.28. The van der Waals surface area contributed by atoms with Gasteiger partial charge in [0.05, 0.1) is 11.7 Å². The zero-order valence-electron chi connectivity index (χ0n) is 7.39. The van der Waals surface area contributed by atoms with Crippen molar-refractivity contribution in [3.05, 3.63) is 24.8 Å². The Morgan fingerprint density at radius 1 is 1.73 bits per heavy atom. The zero-order chi connectivity index (χ0) is 8.48. The first-order chi connectivity index (χ1) is 5.07. The van der Waals surface area contributed by atoms with Crippen molar-refractivity contribution in [3.63, 3.8) is 0 Å². The van der Waals surface area contributed by atoms with Crippen LogP contribution in [-0.2, 0) is 4.74 Å². The minimum absolute atomic E-state index is 0.108. The smallest absolute Gasteiger partial charge is 0.0841 e. The molecule has 0 bridgehead atoms. The lowest BCUT2D eigenvalue weighted by molar-refractivity contribution is 0.0224. The van der Waals surface area contributed by atoms with Gasteiger partial charge in [-0.1, -0.05) is 18.2 Å². The van der Waals surface area contributed by atoms with Crippen molar-refractivity contribution in [2.45, 2.75) is 38.4 Å². The second-order valence-corrected chi connectivity index (χ2v) is 3.51. The minimum atomic E-state index is -0.108. The number of hydrogen-bond donors (Lipinski definition) is 0. The molecule has 1 saturated heterocycles. The summed E-state index contributed by atoms with van der Waals surface area (Å²) < 4.78 is 5.74. The van der Waals surface area contributed by atoms with E-state index in [2.05, 4.69) is 20.1 Å². The van der Waals surface area contributed by atoms with Crippen molar-refractivity contribution in [1.82, 2.24) is 0 Å². The maximum Gasteiger partial charge on any atom is 0.0841 e. The van der Waals surface area contributed by atoms with Gasteiger partial charge in [-0.3, -0.25) is 0 Å². The Labute approximate surface area is 68.8 Å². The highest BCUT2D eigenvalue weighted by Crippen LogP contribution is 2.33. The van der Waals surface area contributed by atoms with Gasteiger partial charge in [0, 0.05) is 0 Å². The van der Waals surface area contributed by atoms with E-state index in [0.717, 1.165) is 18.4 Å².